The van der Waals surface area contributed by atoms with E-state index in [0.29, 0.717) is 6.04 Å². The first-order chi connectivity index (χ1) is 7.86. The van der Waals surface area contributed by atoms with Crippen LogP contribution in [0.15, 0.2) is 4.99 Å². The molecule has 0 aliphatic heterocycles. The van der Waals surface area contributed by atoms with Gasteiger partial charge in [0, 0.05) is 26.2 Å². The summed E-state index contributed by atoms with van der Waals surface area (Å²) >= 11 is 0. The highest BCUT2D eigenvalue weighted by Gasteiger charge is 2.13. The van der Waals surface area contributed by atoms with Crippen molar-refractivity contribution in [2.24, 2.45) is 4.99 Å². The molecule has 0 heterocycles. The zero-order chi connectivity index (χ0) is 11.6. The van der Waals surface area contributed by atoms with Crippen LogP contribution >= 0.6 is 24.0 Å². The van der Waals surface area contributed by atoms with Gasteiger partial charge < -0.3 is 15.4 Å². The molecule has 4 nitrogen and oxygen atoms in total. The van der Waals surface area contributed by atoms with Crippen molar-refractivity contribution in [1.29, 1.82) is 0 Å². The molecule has 0 saturated heterocycles. The fourth-order valence-electron chi connectivity index (χ4n) is 2.02. The van der Waals surface area contributed by atoms with E-state index in [1.807, 2.05) is 14.0 Å². The van der Waals surface area contributed by atoms with Crippen LogP contribution in [0.3, 0.4) is 0 Å². The highest BCUT2D eigenvalue weighted by molar-refractivity contribution is 14.0. The van der Waals surface area contributed by atoms with Crippen LogP contribution < -0.4 is 10.6 Å². The van der Waals surface area contributed by atoms with Crippen LogP contribution in [0.5, 0.6) is 0 Å². The molecule has 0 aromatic heterocycles. The Labute approximate surface area is 122 Å². The second-order valence-electron chi connectivity index (χ2n) is 4.18. The molecular formula is C12H26IN3O. The van der Waals surface area contributed by atoms with Gasteiger partial charge in [-0.3, -0.25) is 4.99 Å². The molecule has 1 aliphatic rings. The molecule has 1 saturated carbocycles. The number of nitrogens with zero attached hydrogens (tertiary/aromatic N) is 1. The van der Waals surface area contributed by atoms with Gasteiger partial charge >= 0.3 is 0 Å². The molecular weight excluding hydrogens is 329 g/mol. The van der Waals surface area contributed by atoms with Crippen molar-refractivity contribution in [2.45, 2.75) is 45.1 Å². The zero-order valence-corrected chi connectivity index (χ0v) is 13.3. The minimum absolute atomic E-state index is 0. The quantitative estimate of drug-likeness (QED) is 0.344. The van der Waals surface area contributed by atoms with Crippen LogP contribution in [0.1, 0.15) is 39.0 Å². The molecule has 0 aromatic carbocycles. The van der Waals surface area contributed by atoms with Crippen molar-refractivity contribution in [3.63, 3.8) is 0 Å². The summed E-state index contributed by atoms with van der Waals surface area (Å²) in [6, 6.07) is 0.604. The largest absolute Gasteiger partial charge is 0.380 e. The van der Waals surface area contributed by atoms with E-state index in [2.05, 4.69) is 15.6 Å². The van der Waals surface area contributed by atoms with Crippen molar-refractivity contribution in [3.05, 3.63) is 0 Å². The summed E-state index contributed by atoms with van der Waals surface area (Å²) < 4.78 is 5.27. The first-order valence-corrected chi connectivity index (χ1v) is 6.41. The zero-order valence-electron chi connectivity index (χ0n) is 11.0. The maximum absolute atomic E-state index is 5.27. The molecule has 0 unspecified atom stereocenters. The third kappa shape index (κ3) is 7.81. The standard InChI is InChI=1S/C12H25N3O.HI/c1-3-16-10-9-14-12(13-2)15-11-7-5-4-6-8-11;/h11H,3-10H2,1-2H3,(H2,13,14,15);1H. The van der Waals surface area contributed by atoms with Gasteiger partial charge in [-0.05, 0) is 19.8 Å². The van der Waals surface area contributed by atoms with E-state index in [4.69, 9.17) is 4.74 Å². The van der Waals surface area contributed by atoms with E-state index in [0.717, 1.165) is 25.7 Å². The predicted molar refractivity (Wildman–Crippen MR) is 83.3 cm³/mol. The van der Waals surface area contributed by atoms with Gasteiger partial charge in [-0.2, -0.15) is 0 Å². The van der Waals surface area contributed by atoms with E-state index >= 15 is 0 Å². The van der Waals surface area contributed by atoms with Crippen LogP contribution in [-0.4, -0.2) is 38.8 Å². The van der Waals surface area contributed by atoms with Crippen molar-refractivity contribution in [3.8, 4) is 0 Å². The van der Waals surface area contributed by atoms with Gasteiger partial charge in [-0.1, -0.05) is 19.3 Å². The molecule has 1 rings (SSSR count). The number of hydrogen-bond donors (Lipinski definition) is 2. The minimum Gasteiger partial charge on any atom is -0.380 e. The Morgan fingerprint density at radius 2 is 2.00 bits per heavy atom. The number of halogens is 1. The topological polar surface area (TPSA) is 45.6 Å². The molecule has 0 bridgehead atoms. The molecule has 0 atom stereocenters. The second kappa shape index (κ2) is 11.1. The number of ether oxygens (including phenoxy) is 1. The Hall–Kier alpha value is -0.0400. The maximum Gasteiger partial charge on any atom is 0.191 e. The normalized spacial score (nSPS) is 17.4. The van der Waals surface area contributed by atoms with Crippen LogP contribution in [0, 0.1) is 0 Å². The average Bonchev–Trinajstić information content (AvgIpc) is 2.34. The van der Waals surface area contributed by atoms with Crippen molar-refractivity contribution < 1.29 is 4.74 Å². The van der Waals surface area contributed by atoms with Crippen LogP contribution in [0.2, 0.25) is 0 Å². The predicted octanol–water partition coefficient (Wildman–Crippen LogP) is 2.14. The molecule has 102 valence electrons. The minimum atomic E-state index is 0. The average molecular weight is 355 g/mol. The summed E-state index contributed by atoms with van der Waals surface area (Å²) in [7, 11) is 1.82. The molecule has 0 spiro atoms. The van der Waals surface area contributed by atoms with Gasteiger partial charge in [0.25, 0.3) is 0 Å². The lowest BCUT2D eigenvalue weighted by molar-refractivity contribution is 0.152. The number of rotatable bonds is 5. The summed E-state index contributed by atoms with van der Waals surface area (Å²) in [6.07, 6.45) is 6.61. The van der Waals surface area contributed by atoms with Gasteiger partial charge in [0.15, 0.2) is 5.96 Å². The number of nitrogens with one attached hydrogen (secondary N) is 2. The van der Waals surface area contributed by atoms with E-state index in [9.17, 15) is 0 Å². The molecule has 0 amide bonds. The van der Waals surface area contributed by atoms with E-state index in [1.54, 1.807) is 0 Å². The summed E-state index contributed by atoms with van der Waals surface area (Å²) in [5.41, 5.74) is 0. The van der Waals surface area contributed by atoms with Gasteiger partial charge in [0.2, 0.25) is 0 Å². The Morgan fingerprint density at radius 3 is 2.59 bits per heavy atom. The fraction of sp³-hybridized carbons (Fsp3) is 0.917. The smallest absolute Gasteiger partial charge is 0.191 e. The molecule has 1 fully saturated rings. The first kappa shape index (κ1) is 17.0. The molecule has 0 radical (unpaired) electrons. The molecule has 17 heavy (non-hydrogen) atoms. The van der Waals surface area contributed by atoms with Crippen LogP contribution in [0.4, 0.5) is 0 Å². The highest BCUT2D eigenvalue weighted by atomic mass is 127. The maximum atomic E-state index is 5.27. The molecule has 5 heteroatoms. The summed E-state index contributed by atoms with van der Waals surface area (Å²) in [5.74, 6) is 0.909. The lowest BCUT2D eigenvalue weighted by atomic mass is 9.96. The Balaban J connectivity index is 0.00000256. The van der Waals surface area contributed by atoms with Crippen molar-refractivity contribution >= 4 is 29.9 Å². The molecule has 0 aromatic rings. The molecule has 2 N–H and O–H groups in total. The third-order valence-corrected chi connectivity index (χ3v) is 2.91. The van der Waals surface area contributed by atoms with Gasteiger partial charge in [-0.25, -0.2) is 0 Å². The SMILES string of the molecule is CCOCCNC(=NC)NC1CCCCC1.I. The number of aliphatic imine (C=N–C) groups is 1. The first-order valence-electron chi connectivity index (χ1n) is 6.41. The van der Waals surface area contributed by atoms with Crippen LogP contribution in [0.25, 0.3) is 0 Å². The summed E-state index contributed by atoms with van der Waals surface area (Å²) in [6.45, 7) is 4.34. The van der Waals surface area contributed by atoms with E-state index in [-0.39, 0.29) is 24.0 Å². The van der Waals surface area contributed by atoms with E-state index in [1.165, 1.54) is 32.1 Å². The lowest BCUT2D eigenvalue weighted by Crippen LogP contribution is -2.45. The summed E-state index contributed by atoms with van der Waals surface area (Å²) in [4.78, 5) is 4.22. The van der Waals surface area contributed by atoms with Gasteiger partial charge in [0.05, 0.1) is 6.61 Å². The molecule has 1 aliphatic carbocycles. The van der Waals surface area contributed by atoms with E-state index < -0.39 is 0 Å². The highest BCUT2D eigenvalue weighted by Crippen LogP contribution is 2.16. The van der Waals surface area contributed by atoms with Crippen LogP contribution in [-0.2, 0) is 4.74 Å². The lowest BCUT2D eigenvalue weighted by Gasteiger charge is -2.24. The van der Waals surface area contributed by atoms with Crippen molar-refractivity contribution in [2.75, 3.05) is 26.8 Å². The number of hydrogen-bond acceptors (Lipinski definition) is 2. The van der Waals surface area contributed by atoms with Gasteiger partial charge in [0.1, 0.15) is 0 Å². The van der Waals surface area contributed by atoms with Gasteiger partial charge in [-0.15, -0.1) is 24.0 Å². The fourth-order valence-corrected chi connectivity index (χ4v) is 2.02. The third-order valence-electron chi connectivity index (χ3n) is 2.91. The second-order valence-corrected chi connectivity index (χ2v) is 4.18. The Bertz CT molecular complexity index is 206. The monoisotopic (exact) mass is 355 g/mol. The van der Waals surface area contributed by atoms with Crippen molar-refractivity contribution in [1.82, 2.24) is 10.6 Å². The Morgan fingerprint density at radius 1 is 1.29 bits per heavy atom. The summed E-state index contributed by atoms with van der Waals surface area (Å²) in [5, 5.41) is 6.73. The number of guanidine groups is 1. The Kier molecular flexibility index (Phi) is 11.0.